The van der Waals surface area contributed by atoms with Gasteiger partial charge in [0.2, 0.25) is 11.8 Å². The van der Waals surface area contributed by atoms with Crippen LogP contribution in [0.25, 0.3) is 0 Å². The zero-order valence-corrected chi connectivity index (χ0v) is 7.09. The molecular formula is C7H13N3O2. The van der Waals surface area contributed by atoms with E-state index in [9.17, 15) is 9.59 Å². The highest BCUT2D eigenvalue weighted by Gasteiger charge is 2.21. The molecule has 12 heavy (non-hydrogen) atoms. The summed E-state index contributed by atoms with van der Waals surface area (Å²) in [6.45, 7) is 1.66. The minimum atomic E-state index is -0.0781. The molecule has 68 valence electrons. The van der Waals surface area contributed by atoms with Crippen LogP contribution in [0.4, 0.5) is 0 Å². The second kappa shape index (κ2) is 4.06. The Kier molecular flexibility index (Phi) is 3.04. The lowest BCUT2D eigenvalue weighted by atomic mass is 10.3. The predicted octanol–water partition coefficient (Wildman–Crippen LogP) is -1.84. The summed E-state index contributed by atoms with van der Waals surface area (Å²) in [5.41, 5.74) is 0. The van der Waals surface area contributed by atoms with Gasteiger partial charge in [-0.3, -0.25) is 9.59 Å². The van der Waals surface area contributed by atoms with Crippen molar-refractivity contribution in [3.63, 3.8) is 0 Å². The van der Waals surface area contributed by atoms with E-state index in [-0.39, 0.29) is 24.9 Å². The molecule has 1 heterocycles. The van der Waals surface area contributed by atoms with E-state index in [4.69, 9.17) is 0 Å². The number of amides is 2. The highest BCUT2D eigenvalue weighted by atomic mass is 16.2. The van der Waals surface area contributed by atoms with Gasteiger partial charge in [0.05, 0.1) is 13.1 Å². The third-order valence-electron chi connectivity index (χ3n) is 1.76. The average Bonchev–Trinajstić information content (AvgIpc) is 2.07. The van der Waals surface area contributed by atoms with Crippen LogP contribution in [0.5, 0.6) is 0 Å². The SMILES string of the molecule is CNCCN1CC(=O)NCC1=O. The van der Waals surface area contributed by atoms with Crippen molar-refractivity contribution in [3.8, 4) is 0 Å². The van der Waals surface area contributed by atoms with Crippen LogP contribution < -0.4 is 10.6 Å². The monoisotopic (exact) mass is 171 g/mol. The third-order valence-corrected chi connectivity index (χ3v) is 1.76. The van der Waals surface area contributed by atoms with Gasteiger partial charge < -0.3 is 15.5 Å². The lowest BCUT2D eigenvalue weighted by Gasteiger charge is -2.26. The van der Waals surface area contributed by atoms with Gasteiger partial charge >= 0.3 is 0 Å². The largest absolute Gasteiger partial charge is 0.345 e. The maximum absolute atomic E-state index is 11.1. The van der Waals surface area contributed by atoms with Crippen LogP contribution in [0.3, 0.4) is 0 Å². The van der Waals surface area contributed by atoms with E-state index >= 15 is 0 Å². The van der Waals surface area contributed by atoms with Crippen LogP contribution in [0.1, 0.15) is 0 Å². The van der Waals surface area contributed by atoms with Crippen molar-refractivity contribution < 1.29 is 9.59 Å². The first-order valence-corrected chi connectivity index (χ1v) is 3.93. The summed E-state index contributed by atoms with van der Waals surface area (Å²) < 4.78 is 0. The predicted molar refractivity (Wildman–Crippen MR) is 43.5 cm³/mol. The van der Waals surface area contributed by atoms with Crippen molar-refractivity contribution in [1.29, 1.82) is 0 Å². The first-order chi connectivity index (χ1) is 5.74. The Balaban J connectivity index is 2.38. The normalized spacial score (nSPS) is 17.9. The molecule has 0 bridgehead atoms. The second-order valence-electron chi connectivity index (χ2n) is 2.70. The fourth-order valence-corrected chi connectivity index (χ4v) is 1.05. The molecule has 0 saturated carbocycles. The van der Waals surface area contributed by atoms with Gasteiger partial charge in [0.25, 0.3) is 0 Å². The Bertz CT molecular complexity index is 193. The molecule has 0 unspecified atom stereocenters. The molecule has 1 fully saturated rings. The van der Waals surface area contributed by atoms with Gasteiger partial charge in [0.1, 0.15) is 0 Å². The van der Waals surface area contributed by atoms with E-state index in [0.29, 0.717) is 6.54 Å². The van der Waals surface area contributed by atoms with E-state index in [1.807, 2.05) is 7.05 Å². The number of likely N-dealkylation sites (N-methyl/N-ethyl adjacent to an activating group) is 1. The second-order valence-corrected chi connectivity index (χ2v) is 2.70. The van der Waals surface area contributed by atoms with Crippen LogP contribution in [0, 0.1) is 0 Å². The van der Waals surface area contributed by atoms with Crippen molar-refractivity contribution >= 4 is 11.8 Å². The summed E-state index contributed by atoms with van der Waals surface area (Å²) in [5.74, 6) is -0.0875. The van der Waals surface area contributed by atoms with E-state index in [1.165, 1.54) is 0 Å². The van der Waals surface area contributed by atoms with Crippen LogP contribution in [-0.2, 0) is 9.59 Å². The van der Waals surface area contributed by atoms with Gasteiger partial charge in [-0.15, -0.1) is 0 Å². The molecule has 0 aromatic rings. The number of carbonyl (C=O) groups is 2. The Hall–Kier alpha value is -1.10. The molecule has 1 saturated heterocycles. The molecule has 5 heteroatoms. The molecule has 1 rings (SSSR count). The highest BCUT2D eigenvalue weighted by Crippen LogP contribution is 1.93. The van der Waals surface area contributed by atoms with Crippen molar-refractivity contribution in [1.82, 2.24) is 15.5 Å². The van der Waals surface area contributed by atoms with Gasteiger partial charge in [0, 0.05) is 13.1 Å². The lowest BCUT2D eigenvalue weighted by Crippen LogP contribution is -2.52. The van der Waals surface area contributed by atoms with Gasteiger partial charge in [-0.2, -0.15) is 0 Å². The molecule has 2 amide bonds. The van der Waals surface area contributed by atoms with Crippen molar-refractivity contribution in [2.75, 3.05) is 33.2 Å². The Morgan fingerprint density at radius 2 is 2.33 bits per heavy atom. The van der Waals surface area contributed by atoms with Gasteiger partial charge in [-0.25, -0.2) is 0 Å². The molecule has 0 aromatic carbocycles. The Morgan fingerprint density at radius 3 is 3.00 bits per heavy atom. The van der Waals surface area contributed by atoms with Gasteiger partial charge in [0.15, 0.2) is 0 Å². The molecule has 0 aliphatic carbocycles. The number of carbonyl (C=O) groups excluding carboxylic acids is 2. The fraction of sp³-hybridized carbons (Fsp3) is 0.714. The van der Waals surface area contributed by atoms with Gasteiger partial charge in [-0.05, 0) is 7.05 Å². The Morgan fingerprint density at radius 1 is 1.58 bits per heavy atom. The summed E-state index contributed by atoms with van der Waals surface area (Å²) >= 11 is 0. The maximum atomic E-state index is 11.1. The summed E-state index contributed by atoms with van der Waals surface area (Å²) in [5, 5.41) is 5.41. The number of hydrogen-bond acceptors (Lipinski definition) is 3. The van der Waals surface area contributed by atoms with Crippen LogP contribution in [-0.4, -0.2) is 49.9 Å². The van der Waals surface area contributed by atoms with E-state index in [0.717, 1.165) is 6.54 Å². The smallest absolute Gasteiger partial charge is 0.242 e. The van der Waals surface area contributed by atoms with Crippen molar-refractivity contribution in [2.45, 2.75) is 0 Å². The summed E-state index contributed by atoms with van der Waals surface area (Å²) in [4.78, 5) is 23.5. The van der Waals surface area contributed by atoms with Crippen LogP contribution >= 0.6 is 0 Å². The van der Waals surface area contributed by atoms with Crippen LogP contribution in [0.15, 0.2) is 0 Å². The molecule has 0 atom stereocenters. The first-order valence-electron chi connectivity index (χ1n) is 3.93. The number of nitrogens with one attached hydrogen (secondary N) is 2. The summed E-state index contributed by atoms with van der Waals surface area (Å²) in [7, 11) is 1.81. The maximum Gasteiger partial charge on any atom is 0.242 e. The topological polar surface area (TPSA) is 61.4 Å². The van der Waals surface area contributed by atoms with Crippen molar-refractivity contribution in [3.05, 3.63) is 0 Å². The molecule has 1 aliphatic rings. The minimum Gasteiger partial charge on any atom is -0.345 e. The molecule has 5 nitrogen and oxygen atoms in total. The molecule has 2 N–H and O–H groups in total. The third kappa shape index (κ3) is 2.20. The molecular weight excluding hydrogens is 158 g/mol. The minimum absolute atomic E-state index is 0.00940. The zero-order chi connectivity index (χ0) is 8.97. The zero-order valence-electron chi connectivity index (χ0n) is 7.09. The number of hydrogen-bond donors (Lipinski definition) is 2. The molecule has 0 aromatic heterocycles. The quantitative estimate of drug-likeness (QED) is 0.525. The van der Waals surface area contributed by atoms with E-state index < -0.39 is 0 Å². The number of piperazine rings is 1. The number of nitrogens with zero attached hydrogens (tertiary/aromatic N) is 1. The Labute approximate surface area is 71.1 Å². The summed E-state index contributed by atoms with van der Waals surface area (Å²) in [6, 6.07) is 0. The first kappa shape index (κ1) is 8.99. The van der Waals surface area contributed by atoms with Crippen LogP contribution in [0.2, 0.25) is 0 Å². The number of rotatable bonds is 3. The molecule has 1 aliphatic heterocycles. The average molecular weight is 171 g/mol. The highest BCUT2D eigenvalue weighted by molar-refractivity contribution is 5.92. The van der Waals surface area contributed by atoms with E-state index in [2.05, 4.69) is 10.6 Å². The molecule has 0 spiro atoms. The fourth-order valence-electron chi connectivity index (χ4n) is 1.05. The van der Waals surface area contributed by atoms with Crippen molar-refractivity contribution in [2.24, 2.45) is 0 Å². The van der Waals surface area contributed by atoms with E-state index in [1.54, 1.807) is 4.90 Å². The van der Waals surface area contributed by atoms with Gasteiger partial charge in [-0.1, -0.05) is 0 Å². The molecule has 0 radical (unpaired) electrons. The summed E-state index contributed by atoms with van der Waals surface area (Å²) in [6.07, 6.45) is 0. The standard InChI is InChI=1S/C7H13N3O2/c1-8-2-3-10-5-6(11)9-4-7(10)12/h8H,2-5H2,1H3,(H,9,11). The lowest BCUT2D eigenvalue weighted by molar-refractivity contribution is -0.140.